The Morgan fingerprint density at radius 1 is 0.393 bits per heavy atom. The van der Waals surface area contributed by atoms with Gasteiger partial charge in [-0.25, -0.2) is 0 Å². The van der Waals surface area contributed by atoms with Gasteiger partial charge >= 0.3 is 114 Å². The molecule has 8 fully saturated rings. The van der Waals surface area contributed by atoms with Crippen LogP contribution in [0.4, 0.5) is 0 Å². The van der Waals surface area contributed by atoms with Crippen molar-refractivity contribution in [3.05, 3.63) is 226 Å². The van der Waals surface area contributed by atoms with Gasteiger partial charge in [-0.15, -0.1) is 19.7 Å². The second-order valence-electron chi connectivity index (χ2n) is 40.7. The summed E-state index contributed by atoms with van der Waals surface area (Å²) in [5.41, 5.74) is 11.2. The van der Waals surface area contributed by atoms with Gasteiger partial charge in [0, 0.05) is 0 Å². The Labute approximate surface area is 754 Å². The van der Waals surface area contributed by atoms with E-state index < -0.39 is 86.8 Å². The van der Waals surface area contributed by atoms with Gasteiger partial charge in [-0.2, -0.15) is 0 Å². The maximum absolute atomic E-state index is 4.93. The third kappa shape index (κ3) is 24.2. The van der Waals surface area contributed by atoms with Gasteiger partial charge in [0.15, 0.2) is 0 Å². The van der Waals surface area contributed by atoms with Crippen molar-refractivity contribution in [2.75, 3.05) is 0 Å². The summed E-state index contributed by atoms with van der Waals surface area (Å²) in [6.45, 7) is 52.5. The van der Waals surface area contributed by atoms with E-state index in [1.807, 2.05) is 0 Å². The van der Waals surface area contributed by atoms with Crippen LogP contribution in [0.2, 0.25) is 74.0 Å². The number of rotatable bonds is 16. The van der Waals surface area contributed by atoms with Crippen LogP contribution in [0.5, 0.6) is 0 Å². The second kappa shape index (κ2) is 46.7. The van der Waals surface area contributed by atoms with Gasteiger partial charge < -0.3 is 44.6 Å². The quantitative estimate of drug-likeness (QED) is 0.0821. The first kappa shape index (κ1) is 107. The summed E-state index contributed by atoms with van der Waals surface area (Å²) in [6.07, 6.45) is 85.2. The second-order valence-corrected chi connectivity index (χ2v) is 67.6. The molecule has 14 aliphatic rings. The molecule has 0 nitrogen and oxygen atoms in total. The summed E-state index contributed by atoms with van der Waals surface area (Å²) in [5, 5.41) is 0. The van der Waals surface area contributed by atoms with E-state index in [1.165, 1.54) is 151 Å². The minimum atomic E-state index is -1.23. The van der Waals surface area contributed by atoms with Crippen molar-refractivity contribution >= 4 is 75.3 Å². The number of hydrogen-bond donors (Lipinski definition) is 0. The van der Waals surface area contributed by atoms with Gasteiger partial charge in [-0.05, 0) is 258 Å². The monoisotopic (exact) mass is 1920 g/mol. The SMILES string of the molecule is C=CCC[Si](C)(C)C1CCC(C(C)(C)C2C3C=CC=CC3C3C=CC=CC32)C1.C=CC[Si](C)(C)C1CCC(C2(C3C4C=C(C)C=CC4C4C=CC(C(C)(C)C)=CC43)CCCC2)C1.C=CC[Si](C)(C)C1CCC(C2(C3C4C=C(C)C=CC4C4C=CC(C(C)(C)C)=CC43)CCCCC2)C1.[CH3-].[CH3-].[CH3-].[CH3-].[CH3-].[CH3-].[Cl][Zr+2][Cl].[Cl][Zr+2][Cl].[Cl][Zr+2][Cl]. The first-order valence-electron chi connectivity index (χ1n) is 42.2. The molecule has 12 heteroatoms. The van der Waals surface area contributed by atoms with Crippen LogP contribution in [0.1, 0.15) is 191 Å². The molecule has 112 heavy (non-hydrogen) atoms. The van der Waals surface area contributed by atoms with Crippen molar-refractivity contribution in [1.82, 2.24) is 0 Å². The zero-order valence-corrected chi connectivity index (χ0v) is 89.8. The number of hydrogen-bond acceptors (Lipinski definition) is 0. The van der Waals surface area contributed by atoms with Gasteiger partial charge in [0.2, 0.25) is 0 Å². The molecule has 0 aromatic heterocycles. The Balaban J connectivity index is 0.000000404. The van der Waals surface area contributed by atoms with Crippen molar-refractivity contribution in [1.29, 1.82) is 0 Å². The number of allylic oxidation sites excluding steroid dienone is 27. The van der Waals surface area contributed by atoms with Crippen LogP contribution in [0.3, 0.4) is 0 Å². The Kier molecular flexibility index (Phi) is 44.8. The zero-order valence-electron chi connectivity index (χ0n) is 74.8. The van der Waals surface area contributed by atoms with Crippen molar-refractivity contribution in [3.8, 4) is 0 Å². The summed E-state index contributed by atoms with van der Waals surface area (Å²) in [5.74, 6) is 13.7. The van der Waals surface area contributed by atoms with Crippen molar-refractivity contribution in [2.24, 2.45) is 134 Å². The van der Waals surface area contributed by atoms with E-state index in [0.717, 1.165) is 69.9 Å². The van der Waals surface area contributed by atoms with Crippen molar-refractivity contribution in [3.63, 3.8) is 0 Å². The van der Waals surface area contributed by atoms with Gasteiger partial charge in [-0.3, -0.25) is 0 Å². The average molecular weight is 1930 g/mol. The minimum absolute atomic E-state index is 0. The third-order valence-electron chi connectivity index (χ3n) is 31.7. The summed E-state index contributed by atoms with van der Waals surface area (Å²) < 4.78 is 0. The molecular formula is C100H160Cl6Si3Zr3. The van der Waals surface area contributed by atoms with Gasteiger partial charge in [0.1, 0.15) is 0 Å². The molecule has 0 saturated heterocycles. The fraction of sp³-hybridized carbons (Fsp3) is 0.640. The predicted molar refractivity (Wildman–Crippen MR) is 507 cm³/mol. The van der Waals surface area contributed by atoms with E-state index in [4.69, 9.17) is 51.1 Å². The Morgan fingerprint density at radius 2 is 0.705 bits per heavy atom. The van der Waals surface area contributed by atoms with E-state index in [1.54, 1.807) is 11.1 Å². The molecule has 0 spiro atoms. The molecule has 0 aromatic carbocycles. The van der Waals surface area contributed by atoms with Crippen LogP contribution in [0.25, 0.3) is 0 Å². The molecule has 8 saturated carbocycles. The molecule has 0 bridgehead atoms. The molecule has 14 rings (SSSR count). The number of halogens is 6. The van der Waals surface area contributed by atoms with Crippen LogP contribution in [0.15, 0.2) is 182 Å². The van der Waals surface area contributed by atoms with E-state index in [2.05, 4.69) is 268 Å². The van der Waals surface area contributed by atoms with Gasteiger partial charge in [-0.1, -0.05) is 303 Å². The summed E-state index contributed by atoms with van der Waals surface area (Å²) >= 11 is -2.48. The van der Waals surface area contributed by atoms with Crippen LogP contribution in [0, 0.1) is 178 Å². The Morgan fingerprint density at radius 3 is 1.05 bits per heavy atom. The summed E-state index contributed by atoms with van der Waals surface area (Å²) in [6, 6.07) is 4.02. The van der Waals surface area contributed by atoms with E-state index >= 15 is 0 Å². The van der Waals surface area contributed by atoms with Gasteiger partial charge in [0.25, 0.3) is 0 Å². The molecule has 20 atom stereocenters. The zero-order chi connectivity index (χ0) is 77.4. The van der Waals surface area contributed by atoms with Crippen molar-refractivity contribution in [2.45, 2.75) is 265 Å². The number of fused-ring (bicyclic) bond motifs is 9. The first-order chi connectivity index (χ1) is 50.2. The molecular weight excluding hydrogens is 1770 g/mol. The molecule has 626 valence electrons. The molecule has 0 heterocycles. The molecule has 20 unspecified atom stereocenters. The standard InChI is InChI=1S/C34H52Si.C33H50Si.C27H40Si.6CH3.6ClH.3Zr/c1-8-20-35(6,7)27-15-13-26(22-27)34(18-10-9-11-19-34)32-30-21-24(2)12-16-28(30)29-17-14-25(23-31(29)32)33(3,4)5;1-8-19-34(6,7)26-14-12-25(21-26)33(17-9-10-18-33)31-29-20-23(2)11-15-27(29)28-16-13-24(22-30(28)31)32(3,4)5;1-6-7-18-28(4,5)21-17-16-20(19-21)27(2,3)26-24-14-10-8-12-22(24)23-13-9-11-15-25(23)26;;;;;;;;;;;;;;;/h8,12,14,16-17,21,23,26-32H,1,9-11,13,15,18-20,22H2,2-7H3;8,11,13,15-16,20,22,25-31H,1,9-10,12,14,17-19,21H2,2-7H3;6,8-15,20-26H,1,7,16-19H2,2-5H3;6*1H3;6*1H;;;/q;;;6*-1;;;;;;;3*+4/p-6. The fourth-order valence-electron chi connectivity index (χ4n) is 26.2. The average Bonchev–Trinajstić information content (AvgIpc) is 1.56. The van der Waals surface area contributed by atoms with Crippen LogP contribution in [-0.2, 0) is 62.5 Å². The molecule has 14 aliphatic carbocycles. The molecule has 0 radical (unpaired) electrons. The van der Waals surface area contributed by atoms with Crippen molar-refractivity contribution < 1.29 is 62.5 Å². The first-order valence-corrected chi connectivity index (χ1v) is 71.0. The van der Waals surface area contributed by atoms with E-state index in [-0.39, 0.29) is 55.4 Å². The van der Waals surface area contributed by atoms with E-state index in [9.17, 15) is 0 Å². The van der Waals surface area contributed by atoms with Crippen LogP contribution in [-0.4, -0.2) is 24.2 Å². The summed E-state index contributed by atoms with van der Waals surface area (Å²) in [4.78, 5) is 0. The fourth-order valence-corrected chi connectivity index (χ4v) is 35.4. The molecule has 0 aliphatic heterocycles. The molecule has 0 amide bonds. The topological polar surface area (TPSA) is 0 Å². The third-order valence-corrected chi connectivity index (χ3v) is 44.2. The van der Waals surface area contributed by atoms with Crippen LogP contribution < -0.4 is 0 Å². The Hall–Kier alpha value is 1.14. The molecule has 0 N–H and O–H groups in total. The predicted octanol–water partition coefficient (Wildman–Crippen LogP) is 34.6. The summed E-state index contributed by atoms with van der Waals surface area (Å²) in [7, 11) is 26.0. The molecule has 0 aromatic rings. The van der Waals surface area contributed by atoms with Gasteiger partial charge in [0.05, 0.1) is 24.2 Å². The van der Waals surface area contributed by atoms with Crippen LogP contribution >= 0.6 is 51.1 Å². The maximum atomic E-state index is 4.93. The Bertz CT molecular complexity index is 3290. The van der Waals surface area contributed by atoms with E-state index in [0.29, 0.717) is 69.5 Å². The normalized spacial score (nSPS) is 33.9.